The highest BCUT2D eigenvalue weighted by Gasteiger charge is 2.34. The minimum absolute atomic E-state index is 0.103. The third-order valence-electron chi connectivity index (χ3n) is 6.12. The molecular weight excluding hydrogens is 392 g/mol. The molecular formula is C25H28N2O4. The van der Waals surface area contributed by atoms with Crippen molar-refractivity contribution in [1.29, 1.82) is 0 Å². The second-order valence-corrected chi connectivity index (χ2v) is 8.07. The molecule has 6 nitrogen and oxygen atoms in total. The number of rotatable bonds is 2. The van der Waals surface area contributed by atoms with Gasteiger partial charge in [-0.25, -0.2) is 9.78 Å². The Morgan fingerprint density at radius 2 is 1.94 bits per heavy atom. The molecule has 2 aromatic heterocycles. The lowest BCUT2D eigenvalue weighted by atomic mass is 9.94. The van der Waals surface area contributed by atoms with Crippen molar-refractivity contribution in [3.63, 3.8) is 0 Å². The van der Waals surface area contributed by atoms with Crippen LogP contribution in [0.15, 0.2) is 29.1 Å². The number of benzene rings is 1. The van der Waals surface area contributed by atoms with E-state index >= 15 is 0 Å². The van der Waals surface area contributed by atoms with Gasteiger partial charge in [-0.15, -0.1) is 0 Å². The first kappa shape index (κ1) is 21.2. The van der Waals surface area contributed by atoms with Crippen molar-refractivity contribution in [1.82, 2.24) is 9.55 Å². The van der Waals surface area contributed by atoms with Gasteiger partial charge in [-0.1, -0.05) is 40.7 Å². The number of aromatic nitrogens is 2. The number of aliphatic hydroxyl groups is 1. The number of hydrogen-bond acceptors (Lipinski definition) is 5. The Kier molecular flexibility index (Phi) is 5.43. The number of hydrogen-bond donors (Lipinski definition) is 1. The summed E-state index contributed by atoms with van der Waals surface area (Å²) in [6.45, 7) is 10.8. The maximum Gasteiger partial charge on any atom is 0.340 e. The van der Waals surface area contributed by atoms with E-state index in [9.17, 15) is 14.7 Å². The summed E-state index contributed by atoms with van der Waals surface area (Å²) < 4.78 is 6.64. The molecule has 3 aromatic rings. The molecule has 0 saturated heterocycles. The molecule has 31 heavy (non-hydrogen) atoms. The fourth-order valence-corrected chi connectivity index (χ4v) is 4.49. The monoisotopic (exact) mass is 420 g/mol. The molecule has 6 heteroatoms. The largest absolute Gasteiger partial charge is 0.458 e. The first-order chi connectivity index (χ1) is 14.9. The lowest BCUT2D eigenvalue weighted by Gasteiger charge is -2.21. The number of cyclic esters (lactones) is 1. The van der Waals surface area contributed by atoms with E-state index in [1.54, 1.807) is 10.6 Å². The van der Waals surface area contributed by atoms with Crippen LogP contribution in [-0.4, -0.2) is 20.6 Å². The fourth-order valence-electron chi connectivity index (χ4n) is 4.49. The van der Waals surface area contributed by atoms with Crippen molar-refractivity contribution >= 4 is 16.9 Å². The van der Waals surface area contributed by atoms with Crippen LogP contribution in [0.3, 0.4) is 0 Å². The van der Waals surface area contributed by atoms with Crippen LogP contribution < -0.4 is 5.56 Å². The molecule has 0 amide bonds. The van der Waals surface area contributed by atoms with Gasteiger partial charge in [0.1, 0.15) is 6.61 Å². The number of carbonyl (C=O) groups excluding carboxylic acids is 1. The average Bonchev–Trinajstić information content (AvgIpc) is 3.14. The molecule has 0 radical (unpaired) electrons. The predicted molar refractivity (Wildman–Crippen MR) is 120 cm³/mol. The molecule has 0 fully saturated rings. The Hall–Kier alpha value is -2.99. The zero-order chi connectivity index (χ0) is 22.4. The third kappa shape index (κ3) is 3.17. The van der Waals surface area contributed by atoms with Gasteiger partial charge in [-0.3, -0.25) is 4.79 Å². The van der Waals surface area contributed by atoms with Crippen LogP contribution in [0.2, 0.25) is 0 Å². The minimum atomic E-state index is -1.43. The van der Waals surface area contributed by atoms with Gasteiger partial charge in [0, 0.05) is 16.5 Å². The topological polar surface area (TPSA) is 81.4 Å². The van der Waals surface area contributed by atoms with Crippen LogP contribution in [0.25, 0.3) is 22.3 Å². The van der Waals surface area contributed by atoms with Gasteiger partial charge in [0.05, 0.1) is 29.0 Å². The summed E-state index contributed by atoms with van der Waals surface area (Å²) in [6, 6.07) is 8.07. The molecule has 2 aliphatic heterocycles. The molecule has 0 saturated carbocycles. The number of esters is 1. The van der Waals surface area contributed by atoms with Crippen LogP contribution in [0.5, 0.6) is 0 Å². The van der Waals surface area contributed by atoms with Gasteiger partial charge in [-0.2, -0.15) is 0 Å². The molecule has 2 aliphatic rings. The van der Waals surface area contributed by atoms with E-state index in [0.29, 0.717) is 29.3 Å². The van der Waals surface area contributed by atoms with E-state index in [1.807, 2.05) is 19.9 Å². The smallest absolute Gasteiger partial charge is 0.340 e. The molecule has 1 N–H and O–H groups in total. The first-order valence-corrected chi connectivity index (χ1v) is 11.0. The third-order valence-corrected chi connectivity index (χ3v) is 6.12. The fraction of sp³-hybridized carbons (Fsp3) is 0.400. The summed E-state index contributed by atoms with van der Waals surface area (Å²) in [5.74, 6) is -0.301. The van der Waals surface area contributed by atoms with Crippen LogP contribution in [-0.2, 0) is 29.1 Å². The van der Waals surface area contributed by atoms with Crippen molar-refractivity contribution in [2.45, 2.75) is 66.2 Å². The van der Waals surface area contributed by atoms with E-state index in [1.165, 1.54) is 11.1 Å². The highest BCUT2D eigenvalue weighted by molar-refractivity contribution is 5.89. The second kappa shape index (κ2) is 7.93. The average molecular weight is 421 g/mol. The Labute approximate surface area is 181 Å². The zero-order valence-corrected chi connectivity index (χ0v) is 18.7. The predicted octanol–water partition coefficient (Wildman–Crippen LogP) is 4.23. The van der Waals surface area contributed by atoms with E-state index in [-0.39, 0.29) is 12.2 Å². The van der Waals surface area contributed by atoms with Gasteiger partial charge in [0.25, 0.3) is 5.56 Å². The van der Waals surface area contributed by atoms with Gasteiger partial charge in [0.2, 0.25) is 0 Å². The second-order valence-electron chi connectivity index (χ2n) is 8.07. The molecule has 1 unspecified atom stereocenters. The summed E-state index contributed by atoms with van der Waals surface area (Å²) in [6.07, 6.45) is -0.601. The number of aliphatic hydroxyl groups excluding tert-OH is 1. The summed E-state index contributed by atoms with van der Waals surface area (Å²) in [5, 5.41) is 11.4. The number of aryl methyl sites for hydroxylation is 1. The lowest BCUT2D eigenvalue weighted by molar-refractivity contribution is -0.157. The van der Waals surface area contributed by atoms with Gasteiger partial charge in [0.15, 0.2) is 6.10 Å². The van der Waals surface area contributed by atoms with Crippen LogP contribution in [0.4, 0.5) is 0 Å². The number of ether oxygens (including phenoxy) is 1. The van der Waals surface area contributed by atoms with Crippen molar-refractivity contribution in [2.75, 3.05) is 0 Å². The molecule has 162 valence electrons. The number of nitrogens with zero attached hydrogens (tertiary/aromatic N) is 2. The quantitative estimate of drug-likeness (QED) is 0.491. The SMILES string of the molecule is CC.CCc1c2c(nc3ccc(C(C)C)cc13)-c1cc3c(c(=O)n1C2)COC(=O)C3O. The Bertz CT molecular complexity index is 1260. The van der Waals surface area contributed by atoms with Crippen LogP contribution >= 0.6 is 0 Å². The molecule has 5 rings (SSSR count). The first-order valence-electron chi connectivity index (χ1n) is 11.0. The van der Waals surface area contributed by atoms with E-state index in [2.05, 4.69) is 32.9 Å². The lowest BCUT2D eigenvalue weighted by Crippen LogP contribution is -2.32. The maximum atomic E-state index is 13.1. The maximum absolute atomic E-state index is 13.1. The normalized spacial score (nSPS) is 16.4. The molecule has 1 atom stereocenters. The number of carbonyl (C=O) groups is 1. The number of fused-ring (bicyclic) bond motifs is 5. The molecule has 4 heterocycles. The van der Waals surface area contributed by atoms with Crippen LogP contribution in [0.1, 0.15) is 74.5 Å². The Morgan fingerprint density at radius 3 is 2.61 bits per heavy atom. The Balaban J connectivity index is 0.00000112. The van der Waals surface area contributed by atoms with E-state index in [4.69, 9.17) is 9.72 Å². The van der Waals surface area contributed by atoms with Gasteiger partial charge < -0.3 is 14.4 Å². The van der Waals surface area contributed by atoms with E-state index in [0.717, 1.165) is 28.6 Å². The van der Waals surface area contributed by atoms with Crippen molar-refractivity contribution in [2.24, 2.45) is 0 Å². The van der Waals surface area contributed by atoms with Crippen molar-refractivity contribution in [3.05, 3.63) is 62.4 Å². The van der Waals surface area contributed by atoms with Crippen molar-refractivity contribution in [3.8, 4) is 11.4 Å². The van der Waals surface area contributed by atoms with Gasteiger partial charge in [-0.05, 0) is 41.7 Å². The molecule has 0 aliphatic carbocycles. The van der Waals surface area contributed by atoms with Crippen molar-refractivity contribution < 1.29 is 14.6 Å². The summed E-state index contributed by atoms with van der Waals surface area (Å²) >= 11 is 0. The van der Waals surface area contributed by atoms with Crippen LogP contribution in [0, 0.1) is 0 Å². The molecule has 1 aromatic carbocycles. The summed E-state index contributed by atoms with van der Waals surface area (Å²) in [7, 11) is 0. The number of pyridine rings is 2. The molecule has 0 spiro atoms. The highest BCUT2D eigenvalue weighted by Crippen LogP contribution is 2.38. The van der Waals surface area contributed by atoms with E-state index < -0.39 is 12.1 Å². The minimum Gasteiger partial charge on any atom is -0.458 e. The summed E-state index contributed by atoms with van der Waals surface area (Å²) in [4.78, 5) is 29.8. The molecule has 0 bridgehead atoms. The highest BCUT2D eigenvalue weighted by atomic mass is 16.5. The zero-order valence-electron chi connectivity index (χ0n) is 18.7. The van der Waals surface area contributed by atoms with Gasteiger partial charge >= 0.3 is 5.97 Å². The summed E-state index contributed by atoms with van der Waals surface area (Å²) in [5.41, 5.74) is 6.26. The standard InChI is InChI=1S/C23H22N2O4.C2H6/c1-4-13-14-7-12(11(2)3)5-6-18(14)24-20-16(13)9-25-19(20)8-15-17(22(25)27)10-29-23(28)21(15)26;1-2/h5-8,11,21,26H,4,9-10H2,1-3H3;1-2H3. The Morgan fingerprint density at radius 1 is 1.19 bits per heavy atom.